The highest BCUT2D eigenvalue weighted by atomic mass is 35.5. The average molecular weight is 345 g/mol. The average Bonchev–Trinajstić information content (AvgIpc) is 2.99. The minimum Gasteiger partial charge on any atom is -0.387 e. The van der Waals surface area contributed by atoms with Gasteiger partial charge in [-0.25, -0.2) is 0 Å². The molecule has 0 aromatic heterocycles. The molecule has 1 saturated carbocycles. The number of rotatable bonds is 3. The van der Waals surface area contributed by atoms with E-state index in [0.717, 1.165) is 5.56 Å². The lowest BCUT2D eigenvalue weighted by Gasteiger charge is -2.42. The lowest BCUT2D eigenvalue weighted by atomic mass is 9.82. The van der Waals surface area contributed by atoms with Crippen molar-refractivity contribution >= 4 is 22.4 Å². The molecule has 0 bridgehead atoms. The quantitative estimate of drug-likeness (QED) is 0.857. The molecule has 1 heterocycles. The predicted octanol–water partition coefficient (Wildman–Crippen LogP) is 2.72. The van der Waals surface area contributed by atoms with Gasteiger partial charge in [-0.15, -0.1) is 11.6 Å². The topological polar surface area (TPSA) is 55.8 Å². The molecule has 2 fully saturated rings. The summed E-state index contributed by atoms with van der Waals surface area (Å²) in [6.45, 7) is 3.16. The molecule has 2 atom stereocenters. The number of alkyl halides is 1. The summed E-state index contributed by atoms with van der Waals surface area (Å²) in [5.41, 5.74) is -0.0570. The van der Waals surface area contributed by atoms with Gasteiger partial charge in [0.1, 0.15) is 4.71 Å². The van der Waals surface area contributed by atoms with Crippen molar-refractivity contribution in [2.75, 3.05) is 13.2 Å². The Morgan fingerprint density at radius 3 is 2.23 bits per heavy atom. The van der Waals surface area contributed by atoms with Crippen molar-refractivity contribution in [3.05, 3.63) is 29.8 Å². The van der Waals surface area contributed by atoms with Crippen LogP contribution in [0.25, 0.3) is 0 Å². The molecular weight excluding hydrogens is 324 g/mol. The highest BCUT2D eigenvalue weighted by Crippen LogP contribution is 2.44. The molecule has 1 aliphatic heterocycles. The van der Waals surface area contributed by atoms with Crippen molar-refractivity contribution in [3.8, 4) is 0 Å². The van der Waals surface area contributed by atoms with Gasteiger partial charge >= 0.3 is 0 Å². The van der Waals surface area contributed by atoms with Crippen LogP contribution in [0.4, 0.5) is 0 Å². The van der Waals surface area contributed by atoms with Crippen LogP contribution in [0.2, 0.25) is 0 Å². The lowest BCUT2D eigenvalue weighted by Crippen LogP contribution is -2.49. The van der Waals surface area contributed by atoms with E-state index in [4.69, 9.17) is 21.1 Å². The second-order valence-electron chi connectivity index (χ2n) is 6.14. The van der Waals surface area contributed by atoms with Gasteiger partial charge < -0.3 is 14.6 Å². The van der Waals surface area contributed by atoms with Gasteiger partial charge in [0.05, 0.1) is 29.6 Å². The number of benzene rings is 1. The second kappa shape index (κ2) is 6.21. The molecular formula is C16H21ClO4S. The monoisotopic (exact) mass is 344 g/mol. The first-order chi connectivity index (χ1) is 10.4. The Balaban J connectivity index is 1.70. The summed E-state index contributed by atoms with van der Waals surface area (Å²) >= 11 is 6.39. The van der Waals surface area contributed by atoms with Gasteiger partial charge in [-0.05, 0) is 31.9 Å². The molecule has 3 rings (SSSR count). The van der Waals surface area contributed by atoms with E-state index in [9.17, 15) is 9.32 Å². The summed E-state index contributed by atoms with van der Waals surface area (Å²) in [7, 11) is -1.45. The minimum atomic E-state index is -1.45. The number of ether oxygens (including phenoxy) is 2. The molecule has 6 heteroatoms. The maximum Gasteiger partial charge on any atom is 0.168 e. The molecule has 4 nitrogen and oxygen atoms in total. The molecule has 1 aliphatic carbocycles. The molecule has 1 aromatic rings. The van der Waals surface area contributed by atoms with Gasteiger partial charge in [0.25, 0.3) is 0 Å². The zero-order valence-electron chi connectivity index (χ0n) is 12.6. The SMILES string of the molecule is Cc1ccc(S(=O)C(Cl)C2(O)CCC3(CC2)OCCO3)cc1. The third-order valence-electron chi connectivity index (χ3n) is 4.55. The Labute approximate surface area is 138 Å². The van der Waals surface area contributed by atoms with Crippen LogP contribution in [0.5, 0.6) is 0 Å². The Bertz CT molecular complexity index is 544. The fourth-order valence-corrected chi connectivity index (χ4v) is 4.87. The van der Waals surface area contributed by atoms with Crippen LogP contribution in [0, 0.1) is 6.92 Å². The van der Waals surface area contributed by atoms with E-state index in [1.807, 2.05) is 19.1 Å². The summed E-state index contributed by atoms with van der Waals surface area (Å²) in [6.07, 6.45) is 2.02. The summed E-state index contributed by atoms with van der Waals surface area (Å²) in [5, 5.41) is 10.8. The minimum absolute atomic E-state index is 0.429. The standard InChI is InChI=1S/C16H21ClO4S/c1-12-2-4-13(5-3-12)22(19)14(17)15(18)6-8-16(9-7-15)20-10-11-21-16/h2-5,14,18H,6-11H2,1H3. The van der Waals surface area contributed by atoms with Crippen molar-refractivity contribution in [3.63, 3.8) is 0 Å². The van der Waals surface area contributed by atoms with E-state index < -0.39 is 26.9 Å². The van der Waals surface area contributed by atoms with E-state index in [1.54, 1.807) is 12.1 Å². The highest BCUT2D eigenvalue weighted by Gasteiger charge is 2.50. The smallest absolute Gasteiger partial charge is 0.168 e. The first-order valence-corrected chi connectivity index (χ1v) is 9.21. The van der Waals surface area contributed by atoms with Crippen LogP contribution in [-0.4, -0.2) is 38.6 Å². The molecule has 1 spiro atoms. The molecule has 122 valence electrons. The van der Waals surface area contributed by atoms with E-state index in [-0.39, 0.29) is 0 Å². The van der Waals surface area contributed by atoms with Crippen molar-refractivity contribution in [2.24, 2.45) is 0 Å². The fourth-order valence-electron chi connectivity index (χ4n) is 3.07. The van der Waals surface area contributed by atoms with Crippen LogP contribution in [0.3, 0.4) is 0 Å². The molecule has 1 saturated heterocycles. The normalized spacial score (nSPS) is 26.0. The maximum atomic E-state index is 12.6. The fraction of sp³-hybridized carbons (Fsp3) is 0.625. The number of aliphatic hydroxyl groups is 1. The molecule has 1 aromatic carbocycles. The zero-order chi connectivity index (χ0) is 15.8. The van der Waals surface area contributed by atoms with E-state index >= 15 is 0 Å². The van der Waals surface area contributed by atoms with Crippen LogP contribution < -0.4 is 0 Å². The lowest BCUT2D eigenvalue weighted by molar-refractivity contribution is -0.200. The van der Waals surface area contributed by atoms with Gasteiger partial charge in [0.2, 0.25) is 0 Å². The number of halogens is 1. The van der Waals surface area contributed by atoms with Crippen molar-refractivity contribution in [2.45, 2.75) is 53.6 Å². The van der Waals surface area contributed by atoms with Gasteiger partial charge in [0, 0.05) is 17.7 Å². The molecule has 22 heavy (non-hydrogen) atoms. The number of hydrogen-bond donors (Lipinski definition) is 1. The highest BCUT2D eigenvalue weighted by molar-refractivity contribution is 7.87. The number of hydrogen-bond acceptors (Lipinski definition) is 4. The Morgan fingerprint density at radius 2 is 1.68 bits per heavy atom. The van der Waals surface area contributed by atoms with E-state index in [2.05, 4.69) is 0 Å². The second-order valence-corrected chi connectivity index (χ2v) is 8.37. The molecule has 2 unspecified atom stereocenters. The van der Waals surface area contributed by atoms with Crippen LogP contribution >= 0.6 is 11.6 Å². The van der Waals surface area contributed by atoms with Gasteiger partial charge in [-0.3, -0.25) is 4.21 Å². The third kappa shape index (κ3) is 3.10. The third-order valence-corrected chi connectivity index (χ3v) is 7.00. The van der Waals surface area contributed by atoms with Gasteiger partial charge in [-0.1, -0.05) is 17.7 Å². The van der Waals surface area contributed by atoms with Crippen LogP contribution in [0.15, 0.2) is 29.2 Å². The maximum absolute atomic E-state index is 12.6. The molecule has 1 N–H and O–H groups in total. The van der Waals surface area contributed by atoms with Gasteiger partial charge in [0.15, 0.2) is 5.79 Å². The first kappa shape index (κ1) is 16.4. The van der Waals surface area contributed by atoms with Gasteiger partial charge in [-0.2, -0.15) is 0 Å². The summed E-state index contributed by atoms with van der Waals surface area (Å²) in [6, 6.07) is 7.41. The molecule has 2 aliphatic rings. The van der Waals surface area contributed by atoms with Crippen LogP contribution in [-0.2, 0) is 20.3 Å². The summed E-state index contributed by atoms with van der Waals surface area (Å²) < 4.78 is 23.1. The van der Waals surface area contributed by atoms with E-state index in [1.165, 1.54) is 0 Å². The van der Waals surface area contributed by atoms with Crippen molar-refractivity contribution < 1.29 is 18.8 Å². The summed E-state index contributed by atoms with van der Waals surface area (Å²) in [4.78, 5) is 0.646. The molecule has 0 radical (unpaired) electrons. The summed E-state index contributed by atoms with van der Waals surface area (Å²) in [5.74, 6) is -0.561. The number of aryl methyl sites for hydroxylation is 1. The largest absolute Gasteiger partial charge is 0.387 e. The Kier molecular flexibility index (Phi) is 4.63. The predicted molar refractivity (Wildman–Crippen MR) is 85.3 cm³/mol. The zero-order valence-corrected chi connectivity index (χ0v) is 14.2. The Morgan fingerprint density at radius 1 is 1.14 bits per heavy atom. The van der Waals surface area contributed by atoms with Crippen LogP contribution in [0.1, 0.15) is 31.2 Å². The van der Waals surface area contributed by atoms with Crippen molar-refractivity contribution in [1.82, 2.24) is 0 Å². The first-order valence-electron chi connectivity index (χ1n) is 7.56. The molecule has 0 amide bonds. The van der Waals surface area contributed by atoms with Crippen molar-refractivity contribution in [1.29, 1.82) is 0 Å². The Hall–Kier alpha value is -0.460. The van der Waals surface area contributed by atoms with E-state index in [0.29, 0.717) is 43.8 Å².